The maximum Gasteiger partial charge on any atom is 0.240 e. The molecule has 1 aromatic carbocycles. The summed E-state index contributed by atoms with van der Waals surface area (Å²) in [4.78, 5) is 23.6. The summed E-state index contributed by atoms with van der Waals surface area (Å²) in [7, 11) is 0. The van der Waals surface area contributed by atoms with Gasteiger partial charge < -0.3 is 11.1 Å². The van der Waals surface area contributed by atoms with Gasteiger partial charge in [0.1, 0.15) is 6.04 Å². The van der Waals surface area contributed by atoms with E-state index in [1.54, 1.807) is 0 Å². The molecule has 2 rings (SSSR count). The Hall–Kier alpha value is -1.84. The number of rotatable bonds is 6. The maximum atomic E-state index is 12.0. The molecule has 1 fully saturated rings. The summed E-state index contributed by atoms with van der Waals surface area (Å²) >= 11 is 0. The Morgan fingerprint density at radius 1 is 1.24 bits per heavy atom. The summed E-state index contributed by atoms with van der Waals surface area (Å²) < 4.78 is 0. The molecule has 0 saturated heterocycles. The van der Waals surface area contributed by atoms with Crippen molar-refractivity contribution in [3.05, 3.63) is 35.4 Å². The molecule has 0 spiro atoms. The average Bonchev–Trinajstić information content (AvgIpc) is 2.93. The first-order valence-electron chi connectivity index (χ1n) is 7.69. The van der Waals surface area contributed by atoms with E-state index in [0.717, 1.165) is 18.4 Å². The molecule has 1 saturated carbocycles. The lowest BCUT2D eigenvalue weighted by molar-refractivity contribution is -0.127. The van der Waals surface area contributed by atoms with Gasteiger partial charge in [0.25, 0.3) is 0 Å². The lowest BCUT2D eigenvalue weighted by Gasteiger charge is -2.17. The molecule has 0 aliphatic heterocycles. The average molecular weight is 288 g/mol. The fourth-order valence-electron chi connectivity index (χ4n) is 2.91. The third-order valence-electron chi connectivity index (χ3n) is 4.19. The molecule has 0 heterocycles. The molecule has 4 heteroatoms. The molecule has 1 aliphatic carbocycles. The Morgan fingerprint density at radius 3 is 2.43 bits per heavy atom. The number of hydrogen-bond donors (Lipinski definition) is 2. The van der Waals surface area contributed by atoms with E-state index in [1.807, 2.05) is 31.2 Å². The van der Waals surface area contributed by atoms with Crippen LogP contribution in [0.3, 0.4) is 0 Å². The van der Waals surface area contributed by atoms with Gasteiger partial charge in [-0.1, -0.05) is 42.7 Å². The Balaban J connectivity index is 1.90. The standard InChI is InChI=1S/C17H24N2O2/c1-12-6-8-14(9-7-12)10-15(17(18)21)19-16(20)11-13-4-2-3-5-13/h6-9,13,15H,2-5,10-11H2,1H3,(H2,18,21)(H,19,20)/t15-/m1/s1. The summed E-state index contributed by atoms with van der Waals surface area (Å²) in [5, 5.41) is 2.79. The number of carbonyl (C=O) groups excluding carboxylic acids is 2. The van der Waals surface area contributed by atoms with Gasteiger partial charge in [-0.2, -0.15) is 0 Å². The summed E-state index contributed by atoms with van der Waals surface area (Å²) in [5.41, 5.74) is 7.59. The van der Waals surface area contributed by atoms with E-state index >= 15 is 0 Å². The van der Waals surface area contributed by atoms with E-state index in [4.69, 9.17) is 5.73 Å². The number of nitrogens with one attached hydrogen (secondary N) is 1. The quantitative estimate of drug-likeness (QED) is 0.841. The van der Waals surface area contributed by atoms with Crippen LogP contribution in [0, 0.1) is 12.8 Å². The maximum absolute atomic E-state index is 12.0. The van der Waals surface area contributed by atoms with Crippen LogP contribution in [0.5, 0.6) is 0 Å². The lowest BCUT2D eigenvalue weighted by atomic mass is 10.0. The number of aryl methyl sites for hydroxylation is 1. The zero-order valence-corrected chi connectivity index (χ0v) is 12.6. The van der Waals surface area contributed by atoms with Crippen molar-refractivity contribution < 1.29 is 9.59 Å². The highest BCUT2D eigenvalue weighted by molar-refractivity contribution is 5.86. The topological polar surface area (TPSA) is 72.2 Å². The van der Waals surface area contributed by atoms with E-state index in [1.165, 1.54) is 18.4 Å². The van der Waals surface area contributed by atoms with Crippen molar-refractivity contribution in [1.82, 2.24) is 5.32 Å². The van der Waals surface area contributed by atoms with Gasteiger partial charge >= 0.3 is 0 Å². The van der Waals surface area contributed by atoms with E-state index in [0.29, 0.717) is 18.8 Å². The second-order valence-electron chi connectivity index (χ2n) is 6.07. The van der Waals surface area contributed by atoms with Crippen LogP contribution in [0.25, 0.3) is 0 Å². The van der Waals surface area contributed by atoms with Gasteiger partial charge in [-0.3, -0.25) is 9.59 Å². The predicted octanol–water partition coefficient (Wildman–Crippen LogP) is 2.09. The minimum absolute atomic E-state index is 0.0576. The monoisotopic (exact) mass is 288 g/mol. The number of nitrogens with two attached hydrogens (primary N) is 1. The zero-order valence-electron chi connectivity index (χ0n) is 12.6. The Labute approximate surface area is 126 Å². The molecule has 0 unspecified atom stereocenters. The highest BCUT2D eigenvalue weighted by Gasteiger charge is 2.22. The van der Waals surface area contributed by atoms with Crippen LogP contribution in [0.2, 0.25) is 0 Å². The number of benzene rings is 1. The van der Waals surface area contributed by atoms with Crippen LogP contribution in [0.1, 0.15) is 43.2 Å². The van der Waals surface area contributed by atoms with Crippen molar-refractivity contribution in [3.63, 3.8) is 0 Å². The van der Waals surface area contributed by atoms with Gasteiger partial charge in [-0.15, -0.1) is 0 Å². The van der Waals surface area contributed by atoms with Crippen molar-refractivity contribution >= 4 is 11.8 Å². The summed E-state index contributed by atoms with van der Waals surface area (Å²) in [6.07, 6.45) is 5.62. The third kappa shape index (κ3) is 4.88. The number of hydrogen-bond acceptors (Lipinski definition) is 2. The van der Waals surface area contributed by atoms with E-state index in [2.05, 4.69) is 5.32 Å². The van der Waals surface area contributed by atoms with Crippen molar-refractivity contribution in [2.45, 2.75) is 51.5 Å². The van der Waals surface area contributed by atoms with Gasteiger partial charge in [-0.05, 0) is 31.2 Å². The normalized spacial score (nSPS) is 16.6. The first kappa shape index (κ1) is 15.5. The molecule has 1 atom stereocenters. The summed E-state index contributed by atoms with van der Waals surface area (Å²) in [6, 6.07) is 7.30. The lowest BCUT2D eigenvalue weighted by Crippen LogP contribution is -2.46. The SMILES string of the molecule is Cc1ccc(C[C@@H](NC(=O)CC2CCCC2)C(N)=O)cc1. The second-order valence-corrected chi connectivity index (χ2v) is 6.07. The zero-order chi connectivity index (χ0) is 15.2. The van der Waals surface area contributed by atoms with Crippen LogP contribution in [-0.4, -0.2) is 17.9 Å². The van der Waals surface area contributed by atoms with E-state index in [9.17, 15) is 9.59 Å². The summed E-state index contributed by atoms with van der Waals surface area (Å²) in [5.74, 6) is -0.0638. The highest BCUT2D eigenvalue weighted by Crippen LogP contribution is 2.27. The molecule has 21 heavy (non-hydrogen) atoms. The molecule has 0 radical (unpaired) electrons. The minimum Gasteiger partial charge on any atom is -0.368 e. The highest BCUT2D eigenvalue weighted by atomic mass is 16.2. The second kappa shape index (κ2) is 7.25. The smallest absolute Gasteiger partial charge is 0.240 e. The van der Waals surface area contributed by atoms with Crippen LogP contribution in [0.15, 0.2) is 24.3 Å². The molecular formula is C17H24N2O2. The van der Waals surface area contributed by atoms with Crippen LogP contribution in [0.4, 0.5) is 0 Å². The Kier molecular flexibility index (Phi) is 5.37. The molecule has 0 aromatic heterocycles. The van der Waals surface area contributed by atoms with E-state index in [-0.39, 0.29) is 5.91 Å². The van der Waals surface area contributed by atoms with Crippen molar-refractivity contribution in [1.29, 1.82) is 0 Å². The number of carbonyl (C=O) groups is 2. The minimum atomic E-state index is -0.624. The van der Waals surface area contributed by atoms with Gasteiger partial charge in [0, 0.05) is 12.8 Å². The summed E-state index contributed by atoms with van der Waals surface area (Å²) in [6.45, 7) is 2.01. The first-order chi connectivity index (χ1) is 10.0. The van der Waals surface area contributed by atoms with Gasteiger partial charge in [0.15, 0.2) is 0 Å². The molecule has 3 N–H and O–H groups in total. The van der Waals surface area contributed by atoms with E-state index < -0.39 is 11.9 Å². The fraction of sp³-hybridized carbons (Fsp3) is 0.529. The number of amides is 2. The predicted molar refractivity (Wildman–Crippen MR) is 82.6 cm³/mol. The molecular weight excluding hydrogens is 264 g/mol. The molecule has 2 amide bonds. The Bertz CT molecular complexity index is 490. The third-order valence-corrected chi connectivity index (χ3v) is 4.19. The van der Waals surface area contributed by atoms with Crippen molar-refractivity contribution in [2.75, 3.05) is 0 Å². The van der Waals surface area contributed by atoms with Gasteiger partial charge in [-0.25, -0.2) is 0 Å². The number of primary amides is 1. The first-order valence-corrected chi connectivity index (χ1v) is 7.69. The van der Waals surface area contributed by atoms with Gasteiger partial charge in [0.2, 0.25) is 11.8 Å². The van der Waals surface area contributed by atoms with Gasteiger partial charge in [0.05, 0.1) is 0 Å². The largest absolute Gasteiger partial charge is 0.368 e. The molecule has 4 nitrogen and oxygen atoms in total. The molecule has 1 aromatic rings. The Morgan fingerprint density at radius 2 is 1.86 bits per heavy atom. The van der Waals surface area contributed by atoms with Crippen molar-refractivity contribution in [2.24, 2.45) is 11.7 Å². The molecule has 114 valence electrons. The fourth-order valence-corrected chi connectivity index (χ4v) is 2.91. The molecule has 1 aliphatic rings. The molecule has 0 bridgehead atoms. The van der Waals surface area contributed by atoms with Crippen LogP contribution in [-0.2, 0) is 16.0 Å². The van der Waals surface area contributed by atoms with Crippen LogP contribution >= 0.6 is 0 Å². The van der Waals surface area contributed by atoms with Crippen molar-refractivity contribution in [3.8, 4) is 0 Å². The van der Waals surface area contributed by atoms with Crippen LogP contribution < -0.4 is 11.1 Å².